The van der Waals surface area contributed by atoms with Gasteiger partial charge in [0, 0.05) is 18.2 Å². The second-order valence-corrected chi connectivity index (χ2v) is 6.61. The summed E-state index contributed by atoms with van der Waals surface area (Å²) in [6.07, 6.45) is 7.30. The van der Waals surface area contributed by atoms with Crippen LogP contribution in [0.4, 0.5) is 0 Å². The number of oxazole rings is 1. The normalized spacial score (nSPS) is 16.8. The molecule has 1 aromatic carbocycles. The van der Waals surface area contributed by atoms with Crippen LogP contribution < -0.4 is 11.1 Å². The highest BCUT2D eigenvalue weighted by Crippen LogP contribution is 2.27. The molecule has 0 aliphatic heterocycles. The standard InChI is InChI=1S/C19H25N3O2/c1-13-7-9-15(10-8-13)18-17(21-12-24-18)19(23)22-16(11-20)14-5-3-2-4-6-14/h7-10,12,14,16H,2-6,11,20H2,1H3,(H,22,23). The summed E-state index contributed by atoms with van der Waals surface area (Å²) in [6, 6.07) is 7.86. The minimum atomic E-state index is -0.208. The number of amides is 1. The lowest BCUT2D eigenvalue weighted by Crippen LogP contribution is -2.46. The van der Waals surface area contributed by atoms with Gasteiger partial charge in [-0.2, -0.15) is 0 Å². The smallest absolute Gasteiger partial charge is 0.274 e. The third-order valence-corrected chi connectivity index (χ3v) is 4.89. The molecule has 1 aliphatic rings. The molecule has 0 saturated heterocycles. The molecule has 1 heterocycles. The van der Waals surface area contributed by atoms with Gasteiger partial charge >= 0.3 is 0 Å². The second kappa shape index (κ2) is 7.62. The van der Waals surface area contributed by atoms with Crippen molar-refractivity contribution in [2.75, 3.05) is 6.54 Å². The Hall–Kier alpha value is -2.14. The van der Waals surface area contributed by atoms with Gasteiger partial charge in [0.15, 0.2) is 17.8 Å². The lowest BCUT2D eigenvalue weighted by atomic mass is 9.84. The minimum absolute atomic E-state index is 0.000341. The van der Waals surface area contributed by atoms with E-state index in [0.717, 1.165) is 24.0 Å². The third kappa shape index (κ3) is 3.67. The molecule has 1 aliphatic carbocycles. The molecule has 1 unspecified atom stereocenters. The first kappa shape index (κ1) is 16.7. The van der Waals surface area contributed by atoms with Crippen LogP contribution in [-0.2, 0) is 0 Å². The Balaban J connectivity index is 1.75. The van der Waals surface area contributed by atoms with E-state index in [1.54, 1.807) is 0 Å². The van der Waals surface area contributed by atoms with Crippen molar-refractivity contribution < 1.29 is 9.21 Å². The molecule has 5 nitrogen and oxygen atoms in total. The molecular formula is C19H25N3O2. The quantitative estimate of drug-likeness (QED) is 0.883. The van der Waals surface area contributed by atoms with Crippen LogP contribution in [0.15, 0.2) is 35.1 Å². The predicted molar refractivity (Wildman–Crippen MR) is 93.6 cm³/mol. The van der Waals surface area contributed by atoms with Crippen LogP contribution in [0.3, 0.4) is 0 Å². The topological polar surface area (TPSA) is 81.2 Å². The molecule has 0 bridgehead atoms. The monoisotopic (exact) mass is 327 g/mol. The summed E-state index contributed by atoms with van der Waals surface area (Å²) in [4.78, 5) is 16.8. The van der Waals surface area contributed by atoms with Crippen molar-refractivity contribution in [3.8, 4) is 11.3 Å². The Kier molecular flexibility index (Phi) is 5.30. The van der Waals surface area contributed by atoms with Crippen LogP contribution in [0.2, 0.25) is 0 Å². The predicted octanol–water partition coefficient (Wildman–Crippen LogP) is 3.29. The van der Waals surface area contributed by atoms with Crippen molar-refractivity contribution >= 4 is 5.91 Å². The first-order valence-corrected chi connectivity index (χ1v) is 8.70. The van der Waals surface area contributed by atoms with Crippen molar-refractivity contribution in [1.82, 2.24) is 10.3 Å². The van der Waals surface area contributed by atoms with Crippen LogP contribution in [0, 0.1) is 12.8 Å². The molecule has 1 saturated carbocycles. The van der Waals surface area contributed by atoms with Crippen molar-refractivity contribution in [2.24, 2.45) is 11.7 Å². The zero-order chi connectivity index (χ0) is 16.9. The number of benzene rings is 1. The van der Waals surface area contributed by atoms with E-state index in [9.17, 15) is 4.79 Å². The fourth-order valence-electron chi connectivity index (χ4n) is 3.46. The zero-order valence-electron chi connectivity index (χ0n) is 14.1. The van der Waals surface area contributed by atoms with Gasteiger partial charge in [0.25, 0.3) is 5.91 Å². The molecule has 128 valence electrons. The number of carbonyl (C=O) groups is 1. The van der Waals surface area contributed by atoms with Gasteiger partial charge in [0.2, 0.25) is 0 Å². The van der Waals surface area contributed by atoms with Crippen LogP contribution in [0.25, 0.3) is 11.3 Å². The number of nitrogens with one attached hydrogen (secondary N) is 1. The average molecular weight is 327 g/mol. The molecule has 2 aromatic rings. The molecular weight excluding hydrogens is 302 g/mol. The highest BCUT2D eigenvalue weighted by Gasteiger charge is 2.26. The summed E-state index contributed by atoms with van der Waals surface area (Å²) in [6.45, 7) is 2.47. The summed E-state index contributed by atoms with van der Waals surface area (Å²) in [5.74, 6) is 0.759. The molecule has 1 fully saturated rings. The molecule has 24 heavy (non-hydrogen) atoms. The van der Waals surface area contributed by atoms with Gasteiger partial charge in [-0.15, -0.1) is 0 Å². The Morgan fingerprint density at radius 2 is 2.00 bits per heavy atom. The fourth-order valence-corrected chi connectivity index (χ4v) is 3.46. The van der Waals surface area contributed by atoms with E-state index >= 15 is 0 Å². The van der Waals surface area contributed by atoms with E-state index < -0.39 is 0 Å². The van der Waals surface area contributed by atoms with Crippen molar-refractivity contribution in [1.29, 1.82) is 0 Å². The van der Waals surface area contributed by atoms with E-state index in [1.165, 1.54) is 25.7 Å². The Morgan fingerprint density at radius 3 is 2.67 bits per heavy atom. The van der Waals surface area contributed by atoms with E-state index in [-0.39, 0.29) is 11.9 Å². The molecule has 1 atom stereocenters. The van der Waals surface area contributed by atoms with Crippen LogP contribution in [0.1, 0.15) is 48.2 Å². The molecule has 1 aromatic heterocycles. The zero-order valence-corrected chi connectivity index (χ0v) is 14.1. The maximum atomic E-state index is 12.7. The summed E-state index contributed by atoms with van der Waals surface area (Å²) >= 11 is 0. The van der Waals surface area contributed by atoms with Gasteiger partial charge in [-0.25, -0.2) is 4.98 Å². The molecule has 0 spiro atoms. The van der Waals surface area contributed by atoms with E-state index in [0.29, 0.717) is 23.9 Å². The number of nitrogens with zero attached hydrogens (tertiary/aromatic N) is 1. The van der Waals surface area contributed by atoms with E-state index in [1.807, 2.05) is 31.2 Å². The number of carbonyl (C=O) groups excluding carboxylic acids is 1. The molecule has 0 radical (unpaired) electrons. The Bertz CT molecular complexity index is 672. The lowest BCUT2D eigenvalue weighted by molar-refractivity contribution is 0.0911. The van der Waals surface area contributed by atoms with Crippen molar-refractivity contribution in [3.05, 3.63) is 41.9 Å². The highest BCUT2D eigenvalue weighted by atomic mass is 16.3. The molecule has 1 amide bonds. The number of nitrogens with two attached hydrogens (primary N) is 1. The van der Waals surface area contributed by atoms with Crippen LogP contribution >= 0.6 is 0 Å². The van der Waals surface area contributed by atoms with E-state index in [4.69, 9.17) is 10.2 Å². The molecule has 3 N–H and O–H groups in total. The fraction of sp³-hybridized carbons (Fsp3) is 0.474. The molecule has 5 heteroatoms. The number of aromatic nitrogens is 1. The molecule has 3 rings (SSSR count). The van der Waals surface area contributed by atoms with Gasteiger partial charge in [-0.3, -0.25) is 4.79 Å². The average Bonchev–Trinajstić information content (AvgIpc) is 3.10. The lowest BCUT2D eigenvalue weighted by Gasteiger charge is -2.29. The first-order valence-electron chi connectivity index (χ1n) is 8.70. The maximum absolute atomic E-state index is 12.7. The first-order chi connectivity index (χ1) is 11.7. The number of rotatable bonds is 5. The SMILES string of the molecule is Cc1ccc(-c2ocnc2C(=O)NC(CN)C2CCCCC2)cc1. The van der Waals surface area contributed by atoms with Gasteiger partial charge in [-0.05, 0) is 25.7 Å². The number of hydrogen-bond donors (Lipinski definition) is 2. The third-order valence-electron chi connectivity index (χ3n) is 4.89. The van der Waals surface area contributed by atoms with Crippen molar-refractivity contribution in [2.45, 2.75) is 45.1 Å². The van der Waals surface area contributed by atoms with Crippen LogP contribution in [-0.4, -0.2) is 23.5 Å². The Labute approximate surface area is 142 Å². The van der Waals surface area contributed by atoms with Gasteiger partial charge in [0.05, 0.1) is 0 Å². The minimum Gasteiger partial charge on any atom is -0.443 e. The number of aryl methyl sites for hydroxylation is 1. The summed E-state index contributed by atoms with van der Waals surface area (Å²) < 4.78 is 5.47. The summed E-state index contributed by atoms with van der Waals surface area (Å²) in [5.41, 5.74) is 8.25. The van der Waals surface area contributed by atoms with Crippen molar-refractivity contribution in [3.63, 3.8) is 0 Å². The maximum Gasteiger partial charge on any atom is 0.274 e. The number of hydrogen-bond acceptors (Lipinski definition) is 4. The Morgan fingerprint density at radius 1 is 1.29 bits per heavy atom. The van der Waals surface area contributed by atoms with Gasteiger partial charge < -0.3 is 15.5 Å². The van der Waals surface area contributed by atoms with Gasteiger partial charge in [-0.1, -0.05) is 49.1 Å². The summed E-state index contributed by atoms with van der Waals surface area (Å²) in [5, 5.41) is 3.07. The van der Waals surface area contributed by atoms with Gasteiger partial charge in [0.1, 0.15) is 0 Å². The largest absolute Gasteiger partial charge is 0.443 e. The second-order valence-electron chi connectivity index (χ2n) is 6.61. The highest BCUT2D eigenvalue weighted by molar-refractivity contribution is 5.97. The van der Waals surface area contributed by atoms with Crippen LogP contribution in [0.5, 0.6) is 0 Å². The van der Waals surface area contributed by atoms with E-state index in [2.05, 4.69) is 10.3 Å². The summed E-state index contributed by atoms with van der Waals surface area (Å²) in [7, 11) is 0.